The molecule has 0 aromatic heterocycles. The Morgan fingerprint density at radius 3 is 2.50 bits per heavy atom. The molecule has 12 heavy (non-hydrogen) atoms. The van der Waals surface area contributed by atoms with Gasteiger partial charge in [0.05, 0.1) is 12.6 Å². The van der Waals surface area contributed by atoms with Crippen molar-refractivity contribution in [3.63, 3.8) is 0 Å². The van der Waals surface area contributed by atoms with Crippen LogP contribution in [0, 0.1) is 0 Å². The van der Waals surface area contributed by atoms with Gasteiger partial charge in [-0.15, -0.1) is 0 Å². The maximum Gasteiger partial charge on any atom is 0.0655 e. The standard InChI is InChI=1S/C9H12BrNO/c1-12-6-9(11)7-2-4-8(10)5-3-7/h2-5,9H,6,11H2,1H3/t9-/m1/s1. The van der Waals surface area contributed by atoms with Gasteiger partial charge in [-0.05, 0) is 17.7 Å². The van der Waals surface area contributed by atoms with Crippen LogP contribution in [0.3, 0.4) is 0 Å². The Kier molecular flexibility index (Phi) is 3.72. The van der Waals surface area contributed by atoms with Crippen LogP contribution in [0.25, 0.3) is 0 Å². The Morgan fingerprint density at radius 1 is 1.42 bits per heavy atom. The minimum absolute atomic E-state index is 0.0249. The van der Waals surface area contributed by atoms with E-state index in [4.69, 9.17) is 10.5 Å². The Bertz CT molecular complexity index is 235. The molecule has 0 aliphatic rings. The van der Waals surface area contributed by atoms with Gasteiger partial charge in [0.15, 0.2) is 0 Å². The minimum atomic E-state index is -0.0249. The highest BCUT2D eigenvalue weighted by Crippen LogP contribution is 2.15. The first-order valence-corrected chi connectivity index (χ1v) is 4.53. The van der Waals surface area contributed by atoms with Gasteiger partial charge in [-0.2, -0.15) is 0 Å². The molecule has 1 aromatic rings. The van der Waals surface area contributed by atoms with Crippen LogP contribution in [0.5, 0.6) is 0 Å². The third-order valence-corrected chi connectivity index (χ3v) is 2.17. The monoisotopic (exact) mass is 229 g/mol. The normalized spacial score (nSPS) is 12.9. The number of rotatable bonds is 3. The number of benzene rings is 1. The summed E-state index contributed by atoms with van der Waals surface area (Å²) in [5, 5.41) is 0. The molecule has 0 fully saturated rings. The molecule has 0 saturated heterocycles. The average molecular weight is 230 g/mol. The van der Waals surface area contributed by atoms with Gasteiger partial charge < -0.3 is 10.5 Å². The van der Waals surface area contributed by atoms with Crippen molar-refractivity contribution in [2.75, 3.05) is 13.7 Å². The van der Waals surface area contributed by atoms with Crippen LogP contribution in [-0.4, -0.2) is 13.7 Å². The van der Waals surface area contributed by atoms with Gasteiger partial charge in [-0.25, -0.2) is 0 Å². The van der Waals surface area contributed by atoms with Crippen molar-refractivity contribution >= 4 is 15.9 Å². The van der Waals surface area contributed by atoms with Crippen LogP contribution in [0.4, 0.5) is 0 Å². The van der Waals surface area contributed by atoms with Crippen molar-refractivity contribution < 1.29 is 4.74 Å². The van der Waals surface area contributed by atoms with E-state index in [2.05, 4.69) is 15.9 Å². The van der Waals surface area contributed by atoms with E-state index in [0.717, 1.165) is 10.0 Å². The SMILES string of the molecule is COC[C@@H](N)c1ccc(Br)cc1. The molecule has 0 unspecified atom stereocenters. The minimum Gasteiger partial charge on any atom is -0.383 e. The van der Waals surface area contributed by atoms with Gasteiger partial charge in [0.1, 0.15) is 0 Å². The second kappa shape index (κ2) is 4.60. The molecule has 2 N–H and O–H groups in total. The van der Waals surface area contributed by atoms with Gasteiger partial charge in [0.25, 0.3) is 0 Å². The van der Waals surface area contributed by atoms with Crippen molar-refractivity contribution in [3.8, 4) is 0 Å². The van der Waals surface area contributed by atoms with Crippen LogP contribution in [0.1, 0.15) is 11.6 Å². The summed E-state index contributed by atoms with van der Waals surface area (Å²) in [6.07, 6.45) is 0. The van der Waals surface area contributed by atoms with Crippen LogP contribution in [0.2, 0.25) is 0 Å². The largest absolute Gasteiger partial charge is 0.383 e. The molecular weight excluding hydrogens is 218 g/mol. The lowest BCUT2D eigenvalue weighted by molar-refractivity contribution is 0.181. The fourth-order valence-corrected chi connectivity index (χ4v) is 1.25. The molecule has 0 radical (unpaired) electrons. The lowest BCUT2D eigenvalue weighted by Gasteiger charge is -2.10. The van der Waals surface area contributed by atoms with Crippen LogP contribution in [-0.2, 0) is 4.74 Å². The fraction of sp³-hybridized carbons (Fsp3) is 0.333. The summed E-state index contributed by atoms with van der Waals surface area (Å²) in [5.74, 6) is 0. The first kappa shape index (κ1) is 9.71. The Balaban J connectivity index is 2.68. The number of halogens is 1. The Hall–Kier alpha value is -0.380. The van der Waals surface area contributed by atoms with Crippen molar-refractivity contribution in [1.29, 1.82) is 0 Å². The summed E-state index contributed by atoms with van der Waals surface area (Å²) in [6, 6.07) is 7.92. The van der Waals surface area contributed by atoms with Gasteiger partial charge in [0.2, 0.25) is 0 Å². The first-order valence-electron chi connectivity index (χ1n) is 3.74. The molecule has 0 aliphatic heterocycles. The molecule has 0 saturated carbocycles. The maximum atomic E-state index is 5.82. The predicted molar refractivity (Wildman–Crippen MR) is 52.9 cm³/mol. The topological polar surface area (TPSA) is 35.2 Å². The first-order chi connectivity index (χ1) is 5.74. The molecule has 0 amide bonds. The highest BCUT2D eigenvalue weighted by atomic mass is 79.9. The van der Waals surface area contributed by atoms with E-state index in [1.807, 2.05) is 24.3 Å². The van der Waals surface area contributed by atoms with E-state index in [1.165, 1.54) is 0 Å². The van der Waals surface area contributed by atoms with E-state index in [0.29, 0.717) is 6.61 Å². The number of hydrogen-bond donors (Lipinski definition) is 1. The zero-order chi connectivity index (χ0) is 8.97. The van der Waals surface area contributed by atoms with E-state index in [1.54, 1.807) is 7.11 Å². The van der Waals surface area contributed by atoms with Gasteiger partial charge in [-0.3, -0.25) is 0 Å². The molecule has 1 atom stereocenters. The van der Waals surface area contributed by atoms with Gasteiger partial charge in [0, 0.05) is 11.6 Å². The molecule has 1 rings (SSSR count). The van der Waals surface area contributed by atoms with Crippen LogP contribution < -0.4 is 5.73 Å². The molecule has 1 aromatic carbocycles. The second-order valence-corrected chi connectivity index (χ2v) is 3.53. The summed E-state index contributed by atoms with van der Waals surface area (Å²) < 4.78 is 6.02. The third kappa shape index (κ3) is 2.59. The highest BCUT2D eigenvalue weighted by molar-refractivity contribution is 9.10. The zero-order valence-corrected chi connectivity index (χ0v) is 8.54. The Labute approximate surface area is 80.8 Å². The average Bonchev–Trinajstić information content (AvgIpc) is 2.06. The summed E-state index contributed by atoms with van der Waals surface area (Å²) in [6.45, 7) is 0.557. The van der Waals surface area contributed by atoms with E-state index < -0.39 is 0 Å². The fourth-order valence-electron chi connectivity index (χ4n) is 0.986. The van der Waals surface area contributed by atoms with E-state index >= 15 is 0 Å². The zero-order valence-electron chi connectivity index (χ0n) is 6.96. The molecule has 0 bridgehead atoms. The maximum absolute atomic E-state index is 5.82. The second-order valence-electron chi connectivity index (χ2n) is 2.61. The molecular formula is C9H12BrNO. The number of nitrogens with two attached hydrogens (primary N) is 1. The number of methoxy groups -OCH3 is 1. The summed E-state index contributed by atoms with van der Waals surface area (Å²) >= 11 is 3.36. The van der Waals surface area contributed by atoms with Gasteiger partial charge in [-0.1, -0.05) is 28.1 Å². The summed E-state index contributed by atoms with van der Waals surface area (Å²) in [5.41, 5.74) is 6.91. The molecule has 0 aliphatic carbocycles. The van der Waals surface area contributed by atoms with Crippen molar-refractivity contribution in [2.24, 2.45) is 5.73 Å². The number of ether oxygens (including phenoxy) is 1. The molecule has 2 nitrogen and oxygen atoms in total. The van der Waals surface area contributed by atoms with Crippen molar-refractivity contribution in [3.05, 3.63) is 34.3 Å². The van der Waals surface area contributed by atoms with E-state index in [9.17, 15) is 0 Å². The van der Waals surface area contributed by atoms with Crippen LogP contribution in [0.15, 0.2) is 28.7 Å². The summed E-state index contributed by atoms with van der Waals surface area (Å²) in [4.78, 5) is 0. The molecule has 0 spiro atoms. The molecule has 66 valence electrons. The third-order valence-electron chi connectivity index (χ3n) is 1.64. The Morgan fingerprint density at radius 2 is 2.00 bits per heavy atom. The molecule has 3 heteroatoms. The highest BCUT2D eigenvalue weighted by Gasteiger charge is 2.03. The quantitative estimate of drug-likeness (QED) is 0.862. The van der Waals surface area contributed by atoms with Crippen molar-refractivity contribution in [2.45, 2.75) is 6.04 Å². The summed E-state index contributed by atoms with van der Waals surface area (Å²) in [7, 11) is 1.65. The smallest absolute Gasteiger partial charge is 0.0655 e. The van der Waals surface area contributed by atoms with E-state index in [-0.39, 0.29) is 6.04 Å². The number of hydrogen-bond acceptors (Lipinski definition) is 2. The van der Waals surface area contributed by atoms with Crippen molar-refractivity contribution in [1.82, 2.24) is 0 Å². The predicted octanol–water partition coefficient (Wildman–Crippen LogP) is 2.10. The van der Waals surface area contributed by atoms with Crippen LogP contribution >= 0.6 is 15.9 Å². The molecule has 0 heterocycles. The van der Waals surface area contributed by atoms with Gasteiger partial charge >= 0.3 is 0 Å². The lowest BCUT2D eigenvalue weighted by Crippen LogP contribution is -2.15. The lowest BCUT2D eigenvalue weighted by atomic mass is 10.1.